The molecule has 1 saturated heterocycles. The molecule has 3 rings (SSSR count). The maximum absolute atomic E-state index is 13.0. The van der Waals surface area contributed by atoms with E-state index in [9.17, 15) is 8.42 Å². The van der Waals surface area contributed by atoms with Gasteiger partial charge in [0.2, 0.25) is 10.0 Å². The molecule has 0 unspecified atom stereocenters. The van der Waals surface area contributed by atoms with Gasteiger partial charge in [0.25, 0.3) is 0 Å². The summed E-state index contributed by atoms with van der Waals surface area (Å²) in [5.41, 5.74) is 0.866. The summed E-state index contributed by atoms with van der Waals surface area (Å²) in [6.45, 7) is 3.37. The molecule has 0 N–H and O–H groups in total. The number of methoxy groups -OCH3 is 1. The SMILES string of the molecule is CCc1ccccc1S(=O)(=O)N1CCC(n2cnnc2COC)CC1. The van der Waals surface area contributed by atoms with Crippen LogP contribution in [0, 0.1) is 0 Å². The largest absolute Gasteiger partial charge is 0.377 e. The van der Waals surface area contributed by atoms with Crippen molar-refractivity contribution in [2.75, 3.05) is 20.2 Å². The minimum Gasteiger partial charge on any atom is -0.377 e. The Kier molecular flexibility index (Phi) is 5.51. The van der Waals surface area contributed by atoms with Gasteiger partial charge in [-0.15, -0.1) is 10.2 Å². The highest BCUT2D eigenvalue weighted by Gasteiger charge is 2.31. The quantitative estimate of drug-likeness (QED) is 0.784. The van der Waals surface area contributed by atoms with Gasteiger partial charge in [0, 0.05) is 26.2 Å². The van der Waals surface area contributed by atoms with Gasteiger partial charge in [-0.3, -0.25) is 0 Å². The lowest BCUT2D eigenvalue weighted by atomic mass is 10.1. The van der Waals surface area contributed by atoms with E-state index in [0.717, 1.165) is 24.2 Å². The molecule has 0 radical (unpaired) electrons. The monoisotopic (exact) mass is 364 g/mol. The van der Waals surface area contributed by atoms with Crippen LogP contribution in [-0.4, -0.2) is 47.7 Å². The molecule has 0 amide bonds. The third-order valence-corrected chi connectivity index (χ3v) is 6.71. The average Bonchev–Trinajstić information content (AvgIpc) is 3.10. The lowest BCUT2D eigenvalue weighted by molar-refractivity contribution is 0.167. The van der Waals surface area contributed by atoms with Crippen molar-refractivity contribution in [2.45, 2.75) is 43.7 Å². The lowest BCUT2D eigenvalue weighted by Crippen LogP contribution is -2.39. The Morgan fingerprint density at radius 3 is 2.64 bits per heavy atom. The highest BCUT2D eigenvalue weighted by atomic mass is 32.2. The van der Waals surface area contributed by atoms with Gasteiger partial charge in [-0.05, 0) is 30.9 Å². The predicted molar refractivity (Wildman–Crippen MR) is 93.6 cm³/mol. The molecule has 136 valence electrons. The van der Waals surface area contributed by atoms with Gasteiger partial charge in [0.05, 0.1) is 4.90 Å². The molecule has 0 atom stereocenters. The molecule has 0 aliphatic carbocycles. The number of benzene rings is 1. The summed E-state index contributed by atoms with van der Waals surface area (Å²) in [5, 5.41) is 8.03. The number of sulfonamides is 1. The van der Waals surface area contributed by atoms with Crippen molar-refractivity contribution in [3.8, 4) is 0 Å². The molecule has 7 nitrogen and oxygen atoms in total. The van der Waals surface area contributed by atoms with E-state index < -0.39 is 10.0 Å². The first-order chi connectivity index (χ1) is 12.1. The molecule has 1 aromatic carbocycles. The van der Waals surface area contributed by atoms with Crippen LogP contribution in [0.4, 0.5) is 0 Å². The van der Waals surface area contributed by atoms with E-state index in [1.54, 1.807) is 29.9 Å². The fourth-order valence-electron chi connectivity index (χ4n) is 3.35. The van der Waals surface area contributed by atoms with Crippen LogP contribution in [-0.2, 0) is 27.8 Å². The van der Waals surface area contributed by atoms with Gasteiger partial charge in [-0.2, -0.15) is 4.31 Å². The normalized spacial score (nSPS) is 17.0. The van der Waals surface area contributed by atoms with Crippen LogP contribution in [0.1, 0.15) is 37.2 Å². The fourth-order valence-corrected chi connectivity index (χ4v) is 5.12. The molecule has 0 spiro atoms. The topological polar surface area (TPSA) is 77.3 Å². The van der Waals surface area contributed by atoms with E-state index in [0.29, 0.717) is 31.0 Å². The van der Waals surface area contributed by atoms with Crippen LogP contribution in [0.2, 0.25) is 0 Å². The molecule has 1 aliphatic heterocycles. The van der Waals surface area contributed by atoms with Gasteiger partial charge in [-0.25, -0.2) is 8.42 Å². The molecule has 2 heterocycles. The molecule has 1 aromatic heterocycles. The van der Waals surface area contributed by atoms with Gasteiger partial charge < -0.3 is 9.30 Å². The van der Waals surface area contributed by atoms with E-state index in [4.69, 9.17) is 4.74 Å². The van der Waals surface area contributed by atoms with Crippen molar-refractivity contribution in [3.63, 3.8) is 0 Å². The second kappa shape index (κ2) is 7.63. The number of nitrogens with zero attached hydrogens (tertiary/aromatic N) is 4. The second-order valence-corrected chi connectivity index (χ2v) is 8.09. The van der Waals surface area contributed by atoms with E-state index >= 15 is 0 Å². The molecule has 25 heavy (non-hydrogen) atoms. The first kappa shape index (κ1) is 18.0. The van der Waals surface area contributed by atoms with Crippen molar-refractivity contribution in [1.29, 1.82) is 0 Å². The third-order valence-electron chi connectivity index (χ3n) is 4.71. The van der Waals surface area contributed by atoms with E-state index in [1.165, 1.54) is 0 Å². The third kappa shape index (κ3) is 3.61. The number of hydrogen-bond acceptors (Lipinski definition) is 5. The van der Waals surface area contributed by atoms with Crippen molar-refractivity contribution in [2.24, 2.45) is 0 Å². The van der Waals surface area contributed by atoms with Crippen LogP contribution in [0.15, 0.2) is 35.5 Å². The van der Waals surface area contributed by atoms with Crippen molar-refractivity contribution < 1.29 is 13.2 Å². The minimum atomic E-state index is -3.45. The lowest BCUT2D eigenvalue weighted by Gasteiger charge is -2.32. The zero-order valence-electron chi connectivity index (χ0n) is 14.6. The van der Waals surface area contributed by atoms with Gasteiger partial charge in [0.1, 0.15) is 12.9 Å². The Morgan fingerprint density at radius 1 is 1.24 bits per heavy atom. The summed E-state index contributed by atoms with van der Waals surface area (Å²) in [6.07, 6.45) is 3.88. The first-order valence-electron chi connectivity index (χ1n) is 8.53. The van der Waals surface area contributed by atoms with Crippen molar-refractivity contribution >= 4 is 10.0 Å². The molecule has 1 fully saturated rings. The number of aromatic nitrogens is 3. The Hall–Kier alpha value is -1.77. The van der Waals surface area contributed by atoms with Crippen LogP contribution in [0.5, 0.6) is 0 Å². The number of aryl methyl sites for hydroxylation is 1. The van der Waals surface area contributed by atoms with Crippen LogP contribution < -0.4 is 0 Å². The molecule has 1 aliphatic rings. The van der Waals surface area contributed by atoms with Crippen molar-refractivity contribution in [1.82, 2.24) is 19.1 Å². The molecule has 0 saturated carbocycles. The zero-order valence-corrected chi connectivity index (χ0v) is 15.4. The number of piperidine rings is 1. The Morgan fingerprint density at radius 2 is 1.96 bits per heavy atom. The maximum atomic E-state index is 13.0. The minimum absolute atomic E-state index is 0.202. The molecular weight excluding hydrogens is 340 g/mol. The van der Waals surface area contributed by atoms with Gasteiger partial charge in [0.15, 0.2) is 5.82 Å². The Bertz CT molecular complexity index is 811. The summed E-state index contributed by atoms with van der Waals surface area (Å²) in [7, 11) is -1.82. The smallest absolute Gasteiger partial charge is 0.243 e. The van der Waals surface area contributed by atoms with Crippen LogP contribution in [0.3, 0.4) is 0 Å². The predicted octanol–water partition coefficient (Wildman–Crippen LogP) is 2.01. The highest BCUT2D eigenvalue weighted by Crippen LogP contribution is 2.28. The van der Waals surface area contributed by atoms with Crippen molar-refractivity contribution in [3.05, 3.63) is 42.0 Å². The first-order valence-corrected chi connectivity index (χ1v) is 9.97. The Labute approximate surface area is 148 Å². The second-order valence-electron chi connectivity index (χ2n) is 6.18. The highest BCUT2D eigenvalue weighted by molar-refractivity contribution is 7.89. The Balaban J connectivity index is 1.74. The summed E-state index contributed by atoms with van der Waals surface area (Å²) in [5.74, 6) is 0.778. The summed E-state index contributed by atoms with van der Waals surface area (Å²) in [4.78, 5) is 0.431. The van der Waals surface area contributed by atoms with Crippen LogP contribution >= 0.6 is 0 Å². The number of hydrogen-bond donors (Lipinski definition) is 0. The number of rotatable bonds is 6. The van der Waals surface area contributed by atoms with E-state index in [1.807, 2.05) is 23.6 Å². The standard InChI is InChI=1S/C17H24N4O3S/c1-3-14-6-4-5-7-16(14)25(22,23)20-10-8-15(9-11-20)21-13-18-19-17(21)12-24-2/h4-7,13,15H,3,8-12H2,1-2H3. The van der Waals surface area contributed by atoms with Gasteiger partial charge >= 0.3 is 0 Å². The molecule has 0 bridgehead atoms. The maximum Gasteiger partial charge on any atom is 0.243 e. The molecule has 2 aromatic rings. The zero-order chi connectivity index (χ0) is 17.9. The fraction of sp³-hybridized carbons (Fsp3) is 0.529. The summed E-state index contributed by atoms with van der Waals surface area (Å²) in [6, 6.07) is 7.46. The summed E-state index contributed by atoms with van der Waals surface area (Å²) >= 11 is 0. The van der Waals surface area contributed by atoms with E-state index in [2.05, 4.69) is 10.2 Å². The summed E-state index contributed by atoms with van der Waals surface area (Å²) < 4.78 is 34.8. The van der Waals surface area contributed by atoms with Crippen LogP contribution in [0.25, 0.3) is 0 Å². The van der Waals surface area contributed by atoms with E-state index in [-0.39, 0.29) is 6.04 Å². The average molecular weight is 364 g/mol. The number of ether oxygens (including phenoxy) is 1. The van der Waals surface area contributed by atoms with Gasteiger partial charge in [-0.1, -0.05) is 25.1 Å². The molecular formula is C17H24N4O3S. The molecule has 8 heteroatoms.